The molecule has 4 nitrogen and oxygen atoms in total. The summed E-state index contributed by atoms with van der Waals surface area (Å²) in [6.45, 7) is 3.48. The number of hydrogen-bond acceptors (Lipinski definition) is 4. The second-order valence-electron chi connectivity index (χ2n) is 2.35. The first kappa shape index (κ1) is 9.87. The molecule has 0 fully saturated rings. The molecular formula is C5H13NO3S. The van der Waals surface area contributed by atoms with Gasteiger partial charge in [0.1, 0.15) is 0 Å². The van der Waals surface area contributed by atoms with Gasteiger partial charge in [-0.15, -0.1) is 0 Å². The van der Waals surface area contributed by atoms with Crippen molar-refractivity contribution in [1.29, 1.82) is 0 Å². The molecule has 0 spiro atoms. The van der Waals surface area contributed by atoms with Gasteiger partial charge in [0.05, 0.1) is 6.10 Å². The summed E-state index contributed by atoms with van der Waals surface area (Å²) in [6, 6.07) is -0.0232. The molecule has 0 aliphatic carbocycles. The lowest BCUT2D eigenvalue weighted by Crippen LogP contribution is -2.22. The van der Waals surface area contributed by atoms with Crippen molar-refractivity contribution >= 4 is 11.0 Å². The first-order valence-corrected chi connectivity index (χ1v) is 4.18. The summed E-state index contributed by atoms with van der Waals surface area (Å²) >= 11 is 0. The Kier molecular flexibility index (Phi) is 4.59. The average molecular weight is 167 g/mol. The van der Waals surface area contributed by atoms with E-state index < -0.39 is 11.0 Å². The van der Waals surface area contributed by atoms with Crippen LogP contribution in [0.4, 0.5) is 0 Å². The SMILES string of the molecule is CC(N)CC(C)O[SH](=O)=O. The fraction of sp³-hybridized carbons (Fsp3) is 1.00. The van der Waals surface area contributed by atoms with E-state index in [9.17, 15) is 8.42 Å². The molecule has 0 radical (unpaired) electrons. The summed E-state index contributed by atoms with van der Waals surface area (Å²) in [4.78, 5) is 0. The van der Waals surface area contributed by atoms with Crippen LogP contribution in [0.25, 0.3) is 0 Å². The van der Waals surface area contributed by atoms with Crippen LogP contribution >= 0.6 is 0 Å². The maximum Gasteiger partial charge on any atom is 0.257 e. The molecule has 10 heavy (non-hydrogen) atoms. The van der Waals surface area contributed by atoms with E-state index in [2.05, 4.69) is 4.18 Å². The Morgan fingerprint density at radius 2 is 2.00 bits per heavy atom. The summed E-state index contributed by atoms with van der Waals surface area (Å²) < 4.78 is 24.4. The summed E-state index contributed by atoms with van der Waals surface area (Å²) in [7, 11) is -2.73. The molecule has 0 aromatic carbocycles. The maximum absolute atomic E-state index is 9.97. The van der Waals surface area contributed by atoms with Gasteiger partial charge >= 0.3 is 0 Å². The molecule has 0 aromatic heterocycles. The van der Waals surface area contributed by atoms with Gasteiger partial charge in [-0.1, -0.05) is 0 Å². The Balaban J connectivity index is 3.53. The molecule has 0 heterocycles. The smallest absolute Gasteiger partial charge is 0.257 e. The van der Waals surface area contributed by atoms with Gasteiger partial charge in [-0.25, -0.2) is 8.42 Å². The Morgan fingerprint density at radius 1 is 1.50 bits per heavy atom. The summed E-state index contributed by atoms with van der Waals surface area (Å²) in [5.74, 6) is 0. The Labute approximate surface area is 62.5 Å². The van der Waals surface area contributed by atoms with Crippen molar-refractivity contribution in [3.63, 3.8) is 0 Å². The van der Waals surface area contributed by atoms with Crippen molar-refractivity contribution in [2.45, 2.75) is 32.4 Å². The lowest BCUT2D eigenvalue weighted by Gasteiger charge is -2.09. The van der Waals surface area contributed by atoms with Gasteiger partial charge < -0.3 is 5.73 Å². The second kappa shape index (κ2) is 4.65. The molecule has 5 heteroatoms. The zero-order valence-corrected chi connectivity index (χ0v) is 7.01. The number of thiol groups is 1. The molecule has 0 amide bonds. The molecule has 0 saturated heterocycles. The van der Waals surface area contributed by atoms with Crippen molar-refractivity contribution in [1.82, 2.24) is 0 Å². The van der Waals surface area contributed by atoms with Crippen LogP contribution in [0.3, 0.4) is 0 Å². The van der Waals surface area contributed by atoms with Crippen molar-refractivity contribution in [3.05, 3.63) is 0 Å². The van der Waals surface area contributed by atoms with Crippen LogP contribution in [0.5, 0.6) is 0 Å². The minimum absolute atomic E-state index is 0.0232. The predicted molar refractivity (Wildman–Crippen MR) is 39.1 cm³/mol. The van der Waals surface area contributed by atoms with E-state index >= 15 is 0 Å². The van der Waals surface area contributed by atoms with Crippen LogP contribution < -0.4 is 5.73 Å². The molecule has 2 N–H and O–H groups in total. The van der Waals surface area contributed by atoms with E-state index in [1.807, 2.05) is 0 Å². The molecule has 0 aromatic rings. The molecule has 2 atom stereocenters. The van der Waals surface area contributed by atoms with Gasteiger partial charge in [0, 0.05) is 6.04 Å². The summed E-state index contributed by atoms with van der Waals surface area (Å²) in [6.07, 6.45) is 0.254. The first-order chi connectivity index (χ1) is 4.52. The van der Waals surface area contributed by atoms with Crippen molar-refractivity contribution in [2.75, 3.05) is 0 Å². The highest BCUT2D eigenvalue weighted by atomic mass is 32.2. The Bertz CT molecular complexity index is 147. The van der Waals surface area contributed by atoms with Crippen LogP contribution in [-0.4, -0.2) is 20.6 Å². The fourth-order valence-electron chi connectivity index (χ4n) is 0.714. The van der Waals surface area contributed by atoms with E-state index in [1.165, 1.54) is 0 Å². The minimum atomic E-state index is -2.73. The molecule has 0 bridgehead atoms. The second-order valence-corrected chi connectivity index (χ2v) is 3.01. The van der Waals surface area contributed by atoms with Crippen LogP contribution in [0.15, 0.2) is 0 Å². The fourth-order valence-corrected chi connectivity index (χ4v) is 1.09. The zero-order chi connectivity index (χ0) is 8.15. The van der Waals surface area contributed by atoms with Gasteiger partial charge in [-0.2, -0.15) is 0 Å². The average Bonchev–Trinajstić information content (AvgIpc) is 1.58. The van der Waals surface area contributed by atoms with Crippen molar-refractivity contribution in [2.24, 2.45) is 5.73 Å². The summed E-state index contributed by atoms with van der Waals surface area (Å²) in [5.41, 5.74) is 5.39. The minimum Gasteiger partial charge on any atom is -0.328 e. The lowest BCUT2D eigenvalue weighted by molar-refractivity contribution is 0.220. The normalized spacial score (nSPS) is 17.2. The van der Waals surface area contributed by atoms with E-state index in [0.29, 0.717) is 6.42 Å². The highest BCUT2D eigenvalue weighted by Crippen LogP contribution is 1.99. The van der Waals surface area contributed by atoms with Crippen molar-refractivity contribution < 1.29 is 12.6 Å². The molecule has 0 aliphatic rings. The molecule has 0 saturated carbocycles. The molecule has 2 unspecified atom stereocenters. The van der Waals surface area contributed by atoms with Crippen LogP contribution in [0, 0.1) is 0 Å². The summed E-state index contributed by atoms with van der Waals surface area (Å²) in [5, 5.41) is 0. The van der Waals surface area contributed by atoms with Gasteiger partial charge in [-0.3, -0.25) is 4.18 Å². The van der Waals surface area contributed by atoms with Crippen LogP contribution in [0.2, 0.25) is 0 Å². The molecular weight excluding hydrogens is 154 g/mol. The Morgan fingerprint density at radius 3 is 2.30 bits per heavy atom. The van der Waals surface area contributed by atoms with E-state index in [-0.39, 0.29) is 12.1 Å². The monoisotopic (exact) mass is 167 g/mol. The molecule has 0 aliphatic heterocycles. The van der Waals surface area contributed by atoms with Crippen LogP contribution in [-0.2, 0) is 15.2 Å². The van der Waals surface area contributed by atoms with E-state index in [4.69, 9.17) is 5.73 Å². The number of nitrogens with two attached hydrogens (primary N) is 1. The predicted octanol–water partition coefficient (Wildman–Crippen LogP) is -0.345. The third kappa shape index (κ3) is 6.00. The van der Waals surface area contributed by atoms with E-state index in [1.54, 1.807) is 13.8 Å². The zero-order valence-electron chi connectivity index (χ0n) is 6.11. The number of hydrogen-bond donors (Lipinski definition) is 2. The highest BCUT2D eigenvalue weighted by molar-refractivity contribution is 7.67. The quantitative estimate of drug-likeness (QED) is 0.562. The standard InChI is InChI=1S/C5H13NO3S/c1-4(6)3-5(2)9-10(7)8/h4-5,10H,3,6H2,1-2H3. The van der Waals surface area contributed by atoms with E-state index in [0.717, 1.165) is 0 Å². The van der Waals surface area contributed by atoms with Crippen LogP contribution in [0.1, 0.15) is 20.3 Å². The highest BCUT2D eigenvalue weighted by Gasteiger charge is 2.05. The van der Waals surface area contributed by atoms with Gasteiger partial charge in [-0.05, 0) is 20.3 Å². The maximum atomic E-state index is 9.97. The Hall–Kier alpha value is -0.130. The third-order valence-corrected chi connectivity index (χ3v) is 1.50. The van der Waals surface area contributed by atoms with Gasteiger partial charge in [0.15, 0.2) is 0 Å². The molecule has 62 valence electrons. The topological polar surface area (TPSA) is 69.4 Å². The first-order valence-electron chi connectivity index (χ1n) is 3.09. The molecule has 0 rings (SSSR count). The van der Waals surface area contributed by atoms with Gasteiger partial charge in [0.25, 0.3) is 11.0 Å². The third-order valence-electron chi connectivity index (χ3n) is 0.970. The lowest BCUT2D eigenvalue weighted by atomic mass is 10.2. The van der Waals surface area contributed by atoms with Gasteiger partial charge in [0.2, 0.25) is 0 Å². The number of rotatable bonds is 4. The largest absolute Gasteiger partial charge is 0.328 e. The van der Waals surface area contributed by atoms with Crippen molar-refractivity contribution in [3.8, 4) is 0 Å².